The van der Waals surface area contributed by atoms with Crippen LogP contribution in [-0.2, 0) is 5.66 Å². The van der Waals surface area contributed by atoms with Crippen LogP contribution in [0.3, 0.4) is 0 Å². The number of aryl methyl sites for hydroxylation is 2. The van der Waals surface area contributed by atoms with Gasteiger partial charge in [-0.2, -0.15) is 4.90 Å². The lowest BCUT2D eigenvalue weighted by Crippen LogP contribution is -2.76. The summed E-state index contributed by atoms with van der Waals surface area (Å²) in [7, 11) is 0. The van der Waals surface area contributed by atoms with Gasteiger partial charge < -0.3 is 9.80 Å². The Hall–Kier alpha value is -3.70. The van der Waals surface area contributed by atoms with Gasteiger partial charge in [0.2, 0.25) is 6.17 Å². The Bertz CT molecular complexity index is 1560. The fraction of sp³-hybridized carbons (Fsp3) is 0.219. The number of benzene rings is 4. The summed E-state index contributed by atoms with van der Waals surface area (Å²) in [5, 5.41) is 1.39. The number of nitrogens with zero attached hydrogens (tertiary/aromatic N) is 4. The van der Waals surface area contributed by atoms with Gasteiger partial charge in [0.25, 0.3) is 0 Å². The van der Waals surface area contributed by atoms with Crippen molar-refractivity contribution in [2.45, 2.75) is 32.1 Å². The van der Waals surface area contributed by atoms with Crippen LogP contribution in [0.4, 0.5) is 28.4 Å². The van der Waals surface area contributed by atoms with Crippen LogP contribution in [0.5, 0.6) is 0 Å². The number of amidine groups is 1. The second kappa shape index (κ2) is 7.65. The number of anilines is 5. The summed E-state index contributed by atoms with van der Waals surface area (Å²) in [5.41, 5.74) is 10.0. The highest BCUT2D eigenvalue weighted by molar-refractivity contribution is 8.14. The zero-order valence-corrected chi connectivity index (χ0v) is 21.9. The van der Waals surface area contributed by atoms with E-state index in [1.807, 2.05) is 11.8 Å². The van der Waals surface area contributed by atoms with E-state index in [9.17, 15) is 0 Å². The van der Waals surface area contributed by atoms with Crippen molar-refractivity contribution in [3.8, 4) is 0 Å². The van der Waals surface area contributed by atoms with E-state index in [0.717, 1.165) is 6.54 Å². The molecule has 0 amide bonds. The summed E-state index contributed by atoms with van der Waals surface area (Å²) in [6.45, 7) is 5.51. The zero-order chi connectivity index (χ0) is 24.7. The largest absolute Gasteiger partial charge is 0.321 e. The van der Waals surface area contributed by atoms with E-state index in [2.05, 4.69) is 130 Å². The topological polar surface area (TPSA) is 12.7 Å². The van der Waals surface area contributed by atoms with Crippen LogP contribution in [0.1, 0.15) is 23.1 Å². The number of hydrogen-bond donors (Lipinski definition) is 0. The van der Waals surface area contributed by atoms with Crippen LogP contribution in [-0.4, -0.2) is 28.2 Å². The van der Waals surface area contributed by atoms with Crippen LogP contribution in [0.25, 0.3) is 0 Å². The Morgan fingerprint density at radius 2 is 1.38 bits per heavy atom. The Balaban J connectivity index is 1.46. The first-order valence-electron chi connectivity index (χ1n) is 13.2. The molecule has 4 aromatic rings. The Labute approximate surface area is 222 Å². The van der Waals surface area contributed by atoms with E-state index in [4.69, 9.17) is 0 Å². The van der Waals surface area contributed by atoms with Gasteiger partial charge in [0.05, 0.1) is 29.2 Å². The Morgan fingerprint density at radius 3 is 2.14 bits per heavy atom. The molecule has 4 aromatic carbocycles. The van der Waals surface area contributed by atoms with Gasteiger partial charge in [-0.15, -0.1) is 0 Å². The zero-order valence-electron chi connectivity index (χ0n) is 21.1. The van der Waals surface area contributed by atoms with Crippen molar-refractivity contribution in [2.24, 2.45) is 0 Å². The maximum Gasteiger partial charge on any atom is 0.321 e. The van der Waals surface area contributed by atoms with Gasteiger partial charge in [0.15, 0.2) is 0 Å². The molecule has 1 spiro atoms. The molecule has 2 atom stereocenters. The second-order valence-electron chi connectivity index (χ2n) is 10.5. The third-order valence-corrected chi connectivity index (χ3v) is 9.39. The molecule has 0 saturated heterocycles. The monoisotopic (exact) mass is 501 g/mol. The number of rotatable bonds is 2. The highest BCUT2D eigenvalue weighted by atomic mass is 32.2. The van der Waals surface area contributed by atoms with Gasteiger partial charge >= 0.3 is 10.8 Å². The number of thioether (sulfide) groups is 1. The quantitative estimate of drug-likeness (QED) is 0.271. The van der Waals surface area contributed by atoms with Crippen LogP contribution < -0.4 is 14.7 Å². The fourth-order valence-corrected chi connectivity index (χ4v) is 8.28. The molecule has 2 unspecified atom stereocenters. The van der Waals surface area contributed by atoms with Gasteiger partial charge in [-0.05, 0) is 91.7 Å². The molecule has 0 aromatic heterocycles. The lowest BCUT2D eigenvalue weighted by Gasteiger charge is -2.51. The Morgan fingerprint density at radius 1 is 0.730 bits per heavy atom. The van der Waals surface area contributed by atoms with E-state index >= 15 is 0 Å². The molecule has 8 rings (SSSR count). The van der Waals surface area contributed by atoms with Crippen LogP contribution >= 0.6 is 11.8 Å². The fourth-order valence-electron chi connectivity index (χ4n) is 7.07. The van der Waals surface area contributed by atoms with Crippen LogP contribution in [0.2, 0.25) is 0 Å². The molecule has 4 aliphatic rings. The molecule has 5 heteroatoms. The van der Waals surface area contributed by atoms with E-state index in [-0.39, 0.29) is 11.8 Å². The maximum atomic E-state index is 2.71. The average molecular weight is 502 g/mol. The van der Waals surface area contributed by atoms with Crippen molar-refractivity contribution in [1.29, 1.82) is 0 Å². The number of hydrogen-bond acceptors (Lipinski definition) is 4. The predicted molar refractivity (Wildman–Crippen MR) is 155 cm³/mol. The van der Waals surface area contributed by atoms with E-state index in [0.29, 0.717) is 0 Å². The minimum Gasteiger partial charge on any atom is -0.310 e. The molecule has 4 heterocycles. The SMILES string of the molecule is Cc1cc(C)cc(N2C3=[N+](CCCS3)C23c2ccccc2N2c4ccccc4N(c4ccccc4)C23)c1. The smallest absolute Gasteiger partial charge is 0.310 e. The van der Waals surface area contributed by atoms with Crippen molar-refractivity contribution in [3.63, 3.8) is 0 Å². The van der Waals surface area contributed by atoms with Gasteiger partial charge in [-0.25, -0.2) is 4.58 Å². The van der Waals surface area contributed by atoms with E-state index in [1.165, 1.54) is 62.5 Å². The summed E-state index contributed by atoms with van der Waals surface area (Å²) in [6, 6.07) is 36.0. The van der Waals surface area contributed by atoms with E-state index < -0.39 is 0 Å². The molecule has 0 N–H and O–H groups in total. The molecular weight excluding hydrogens is 472 g/mol. The molecule has 0 fully saturated rings. The van der Waals surface area contributed by atoms with Gasteiger partial charge in [0, 0.05) is 11.4 Å². The first-order chi connectivity index (χ1) is 18.2. The van der Waals surface area contributed by atoms with Crippen molar-refractivity contribution in [1.82, 2.24) is 0 Å². The highest BCUT2D eigenvalue weighted by Gasteiger charge is 2.76. The molecule has 4 nitrogen and oxygen atoms in total. The standard InChI is InChI=1S/C32H29N4S/c1-22-19-23(2)21-25(20-22)36-31-33(17-10-18-37-31)32(36)26-13-6-7-14-27(26)35-29-16-9-8-15-28(29)34(30(32)35)24-11-4-3-5-12-24/h3-9,11-16,19-21,30H,10,17-18H2,1-2H3/q+1. The molecule has 0 saturated carbocycles. The van der Waals surface area contributed by atoms with Crippen LogP contribution in [0, 0.1) is 13.8 Å². The molecule has 37 heavy (non-hydrogen) atoms. The second-order valence-corrected chi connectivity index (χ2v) is 11.6. The van der Waals surface area contributed by atoms with Gasteiger partial charge in [-0.3, -0.25) is 0 Å². The van der Waals surface area contributed by atoms with Crippen molar-refractivity contribution < 1.29 is 4.58 Å². The lowest BCUT2D eigenvalue weighted by atomic mass is 9.90. The normalized spacial score (nSPS) is 23.1. The first kappa shape index (κ1) is 21.4. The summed E-state index contributed by atoms with van der Waals surface area (Å²) < 4.78 is 2.71. The number of fused-ring (bicyclic) bond motifs is 8. The average Bonchev–Trinajstić information content (AvgIpc) is 3.40. The summed E-state index contributed by atoms with van der Waals surface area (Å²) in [4.78, 5) is 7.85. The lowest BCUT2D eigenvalue weighted by molar-refractivity contribution is -0.642. The first-order valence-corrected chi connectivity index (χ1v) is 14.2. The summed E-state index contributed by atoms with van der Waals surface area (Å²) >= 11 is 2.01. The third-order valence-electron chi connectivity index (χ3n) is 8.24. The minimum absolute atomic E-state index is 0.0629. The van der Waals surface area contributed by atoms with Crippen molar-refractivity contribution in [3.05, 3.63) is 114 Å². The third kappa shape index (κ3) is 2.67. The molecule has 0 aliphatic carbocycles. The molecular formula is C32H29N4S+. The number of para-hydroxylation sites is 4. The summed E-state index contributed by atoms with van der Waals surface area (Å²) in [5.74, 6) is 1.17. The van der Waals surface area contributed by atoms with Crippen LogP contribution in [0.15, 0.2) is 97.1 Å². The molecule has 4 aliphatic heterocycles. The van der Waals surface area contributed by atoms with Crippen molar-refractivity contribution in [2.75, 3.05) is 27.0 Å². The maximum absolute atomic E-state index is 2.71. The van der Waals surface area contributed by atoms with Crippen molar-refractivity contribution >= 4 is 45.4 Å². The predicted octanol–water partition coefficient (Wildman–Crippen LogP) is 7.11. The summed E-state index contributed by atoms with van der Waals surface area (Å²) in [6.07, 6.45) is 1.26. The molecule has 0 bridgehead atoms. The highest BCUT2D eigenvalue weighted by Crippen LogP contribution is 2.63. The van der Waals surface area contributed by atoms with Gasteiger partial charge in [-0.1, -0.05) is 48.5 Å². The van der Waals surface area contributed by atoms with E-state index in [1.54, 1.807) is 0 Å². The molecule has 182 valence electrons. The molecule has 0 radical (unpaired) electrons. The minimum atomic E-state index is -0.339. The Kier molecular flexibility index (Phi) is 4.42. The van der Waals surface area contributed by atoms with Gasteiger partial charge in [0.1, 0.15) is 5.69 Å².